The highest BCUT2D eigenvalue weighted by Crippen LogP contribution is 2.58. The molecule has 1 atom stereocenters. The second kappa shape index (κ2) is 2.32. The summed E-state index contributed by atoms with van der Waals surface area (Å²) in [5, 5.41) is -1.09. The van der Waals surface area contributed by atoms with Gasteiger partial charge >= 0.3 is 0 Å². The molecule has 0 aromatic rings. The van der Waals surface area contributed by atoms with Crippen molar-refractivity contribution in [3.8, 4) is 0 Å². The molecule has 0 aliphatic rings. The molecule has 0 N–H and O–H groups in total. The van der Waals surface area contributed by atoms with Crippen molar-refractivity contribution in [2.75, 3.05) is 6.66 Å². The first-order chi connectivity index (χ1) is 3.25. The van der Waals surface area contributed by atoms with E-state index in [-0.39, 0.29) is 5.16 Å². The van der Waals surface area contributed by atoms with Crippen LogP contribution < -0.4 is 0 Å². The molecule has 0 aromatic carbocycles. The fourth-order valence-electron chi connectivity index (χ4n) is 0. The Bertz CT molecular complexity index is 117. The quantitative estimate of drug-likeness (QED) is 0.428. The standard InChI is InChI=1S/C5H13PS2/c1-5(2,3)6(4,7)8/h1-4H3,(H,7,8). The molecular weight excluding hydrogens is 155 g/mol. The molecule has 0 fully saturated rings. The number of hydrogen-bond acceptors (Lipinski definition) is 1. The first kappa shape index (κ1) is 9.00. The molecule has 0 spiro atoms. The Kier molecular flexibility index (Phi) is 2.61. The van der Waals surface area contributed by atoms with Gasteiger partial charge in [0, 0.05) is 5.24 Å². The Balaban J connectivity index is 4.26. The summed E-state index contributed by atoms with van der Waals surface area (Å²) in [5.41, 5.74) is 0. The van der Waals surface area contributed by atoms with Crippen LogP contribution in [0, 0.1) is 0 Å². The molecule has 0 saturated heterocycles. The molecular formula is C5H13PS2. The predicted molar refractivity (Wildman–Crippen MR) is 48.9 cm³/mol. The van der Waals surface area contributed by atoms with Gasteiger partial charge in [-0.1, -0.05) is 32.6 Å². The largest absolute Gasteiger partial charge is 0.141 e. The topological polar surface area (TPSA) is 0 Å². The maximum absolute atomic E-state index is 5.20. The Morgan fingerprint density at radius 3 is 1.50 bits per heavy atom. The van der Waals surface area contributed by atoms with Gasteiger partial charge in [0.05, 0.1) is 0 Å². The average Bonchev–Trinajstić information content (AvgIpc) is 1.25. The minimum atomic E-state index is -1.32. The highest BCUT2D eigenvalue weighted by atomic mass is 32.9. The molecule has 8 heavy (non-hydrogen) atoms. The van der Waals surface area contributed by atoms with Gasteiger partial charge in [0.15, 0.2) is 0 Å². The molecule has 0 radical (unpaired) electrons. The highest BCUT2D eigenvalue weighted by Gasteiger charge is 2.22. The smallest absolute Gasteiger partial charge is 0.00554 e. The average molecular weight is 168 g/mol. The van der Waals surface area contributed by atoms with E-state index in [1.54, 1.807) is 0 Å². The number of rotatable bonds is 0. The maximum Gasteiger partial charge on any atom is 0.00554 e. The van der Waals surface area contributed by atoms with Crippen molar-refractivity contribution in [2.24, 2.45) is 0 Å². The fraction of sp³-hybridized carbons (Fsp3) is 1.00. The Labute approximate surface area is 62.2 Å². The number of thiol groups is 1. The van der Waals surface area contributed by atoms with E-state index in [1.165, 1.54) is 0 Å². The fourth-order valence-corrected chi connectivity index (χ4v) is 0. The molecule has 3 heteroatoms. The first-order valence-corrected chi connectivity index (χ1v) is 6.96. The van der Waals surface area contributed by atoms with Crippen molar-refractivity contribution in [3.05, 3.63) is 0 Å². The summed E-state index contributed by atoms with van der Waals surface area (Å²) < 4.78 is 0. The summed E-state index contributed by atoms with van der Waals surface area (Å²) in [5.74, 6) is 0. The van der Waals surface area contributed by atoms with E-state index < -0.39 is 5.24 Å². The predicted octanol–water partition coefficient (Wildman–Crippen LogP) is 2.74. The van der Waals surface area contributed by atoms with Crippen LogP contribution in [0.3, 0.4) is 0 Å². The summed E-state index contributed by atoms with van der Waals surface area (Å²) in [6.07, 6.45) is 0. The molecule has 0 heterocycles. The second-order valence-corrected chi connectivity index (χ2v) is 11.6. The van der Waals surface area contributed by atoms with Gasteiger partial charge in [-0.2, -0.15) is 0 Å². The molecule has 0 rings (SSSR count). The monoisotopic (exact) mass is 168 g/mol. The molecule has 0 saturated carbocycles. The van der Waals surface area contributed by atoms with Crippen molar-refractivity contribution in [1.82, 2.24) is 0 Å². The van der Waals surface area contributed by atoms with Crippen molar-refractivity contribution in [1.29, 1.82) is 0 Å². The molecule has 0 aliphatic carbocycles. The highest BCUT2D eigenvalue weighted by molar-refractivity contribution is 8.63. The van der Waals surface area contributed by atoms with E-state index in [1.807, 2.05) is 0 Å². The third kappa shape index (κ3) is 2.52. The third-order valence-electron chi connectivity index (χ3n) is 1.24. The van der Waals surface area contributed by atoms with Crippen LogP contribution in [0.5, 0.6) is 0 Å². The number of hydrogen-bond donors (Lipinski definition) is 1. The minimum Gasteiger partial charge on any atom is -0.141 e. The molecule has 0 aromatic heterocycles. The second-order valence-electron chi connectivity index (χ2n) is 3.05. The van der Waals surface area contributed by atoms with E-state index in [0.717, 1.165) is 0 Å². The van der Waals surface area contributed by atoms with Crippen LogP contribution in [-0.4, -0.2) is 11.8 Å². The van der Waals surface area contributed by atoms with Gasteiger partial charge in [0.1, 0.15) is 0 Å². The summed E-state index contributed by atoms with van der Waals surface area (Å²) in [6, 6.07) is 0. The Hall–Kier alpha value is 1.00. The molecule has 50 valence electrons. The van der Waals surface area contributed by atoms with Crippen LogP contribution in [0.15, 0.2) is 0 Å². The van der Waals surface area contributed by atoms with Crippen LogP contribution >= 0.6 is 17.5 Å². The van der Waals surface area contributed by atoms with Crippen LogP contribution in [0.2, 0.25) is 0 Å². The minimum absolute atomic E-state index is 0.228. The van der Waals surface area contributed by atoms with Crippen molar-refractivity contribution < 1.29 is 0 Å². The van der Waals surface area contributed by atoms with E-state index >= 15 is 0 Å². The van der Waals surface area contributed by atoms with E-state index in [9.17, 15) is 0 Å². The van der Waals surface area contributed by atoms with Crippen molar-refractivity contribution in [2.45, 2.75) is 25.9 Å². The van der Waals surface area contributed by atoms with E-state index in [4.69, 9.17) is 11.8 Å². The lowest BCUT2D eigenvalue weighted by molar-refractivity contribution is 0.793. The van der Waals surface area contributed by atoms with Gasteiger partial charge in [-0.05, 0) is 11.8 Å². The first-order valence-electron chi connectivity index (χ1n) is 2.55. The lowest BCUT2D eigenvalue weighted by Crippen LogP contribution is -2.09. The summed E-state index contributed by atoms with van der Waals surface area (Å²) in [4.78, 5) is 0. The van der Waals surface area contributed by atoms with Crippen LogP contribution in [-0.2, 0) is 11.8 Å². The van der Waals surface area contributed by atoms with Crippen LogP contribution in [0.25, 0.3) is 0 Å². The summed E-state index contributed by atoms with van der Waals surface area (Å²) in [7, 11) is 0. The Morgan fingerprint density at radius 1 is 1.38 bits per heavy atom. The zero-order valence-electron chi connectivity index (χ0n) is 5.80. The van der Waals surface area contributed by atoms with Gasteiger partial charge in [0.25, 0.3) is 0 Å². The Morgan fingerprint density at radius 2 is 1.50 bits per heavy atom. The van der Waals surface area contributed by atoms with Crippen molar-refractivity contribution in [3.63, 3.8) is 0 Å². The molecule has 1 unspecified atom stereocenters. The zero-order valence-corrected chi connectivity index (χ0v) is 8.41. The van der Waals surface area contributed by atoms with Gasteiger partial charge < -0.3 is 0 Å². The SMILES string of the molecule is CC(C)(C)P(C)(=S)S. The molecule has 0 bridgehead atoms. The van der Waals surface area contributed by atoms with Gasteiger partial charge in [0.2, 0.25) is 0 Å². The lowest BCUT2D eigenvalue weighted by Gasteiger charge is -2.26. The summed E-state index contributed by atoms with van der Waals surface area (Å²) in [6.45, 7) is 8.48. The molecule has 0 nitrogen and oxygen atoms in total. The van der Waals surface area contributed by atoms with E-state index in [2.05, 4.69) is 39.7 Å². The normalized spacial score (nSPS) is 20.1. The van der Waals surface area contributed by atoms with Crippen LogP contribution in [0.4, 0.5) is 0 Å². The van der Waals surface area contributed by atoms with Gasteiger partial charge in [-0.25, -0.2) is 0 Å². The van der Waals surface area contributed by atoms with Crippen LogP contribution in [0.1, 0.15) is 20.8 Å². The third-order valence-corrected chi connectivity index (χ3v) is 7.18. The van der Waals surface area contributed by atoms with E-state index in [0.29, 0.717) is 0 Å². The van der Waals surface area contributed by atoms with Gasteiger partial charge in [-0.15, -0.1) is 12.2 Å². The zero-order chi connectivity index (χ0) is 7.00. The van der Waals surface area contributed by atoms with Crippen molar-refractivity contribution >= 4 is 29.3 Å². The molecule has 0 amide bonds. The molecule has 0 aliphatic heterocycles. The van der Waals surface area contributed by atoms with Gasteiger partial charge in [-0.3, -0.25) is 0 Å². The summed E-state index contributed by atoms with van der Waals surface area (Å²) >= 11 is 9.56. The maximum atomic E-state index is 5.20. The lowest BCUT2D eigenvalue weighted by atomic mass is 10.3.